The van der Waals surface area contributed by atoms with Crippen molar-refractivity contribution in [2.24, 2.45) is 0 Å². The van der Waals surface area contributed by atoms with Crippen molar-refractivity contribution in [2.45, 2.75) is 93.3 Å². The van der Waals surface area contributed by atoms with Crippen LogP contribution in [0.5, 0.6) is 0 Å². The molecule has 35 heavy (non-hydrogen) atoms. The van der Waals surface area contributed by atoms with Crippen molar-refractivity contribution in [3.8, 4) is 0 Å². The monoisotopic (exact) mass is 767 g/mol. The molecule has 0 aliphatic carbocycles. The van der Waals surface area contributed by atoms with E-state index in [4.69, 9.17) is 10.2 Å². The number of rotatable bonds is 13. The number of aromatic nitrogens is 3. The van der Waals surface area contributed by atoms with Gasteiger partial charge in [0.1, 0.15) is 16.2 Å². The summed E-state index contributed by atoms with van der Waals surface area (Å²) in [5.41, 5.74) is 4.53. The normalized spacial score (nSPS) is 22.5. The van der Waals surface area contributed by atoms with Crippen LogP contribution in [0.25, 0.3) is 11.0 Å². The van der Waals surface area contributed by atoms with Gasteiger partial charge in [-0.05, 0) is 29.7 Å². The lowest BCUT2D eigenvalue weighted by atomic mass is 10.0. The molecule has 9 heteroatoms. The number of halogens is 4. The Kier molecular flexibility index (Phi) is 10.8. The lowest BCUT2D eigenvalue weighted by molar-refractivity contribution is 0.483. The summed E-state index contributed by atoms with van der Waals surface area (Å²) >= 11 is 18.6. The van der Waals surface area contributed by atoms with E-state index < -0.39 is 0 Å². The van der Waals surface area contributed by atoms with Crippen molar-refractivity contribution >= 4 is 98.3 Å². The van der Waals surface area contributed by atoms with E-state index in [-0.39, 0.29) is 15.6 Å². The van der Waals surface area contributed by atoms with Crippen molar-refractivity contribution in [1.29, 1.82) is 0 Å². The Hall–Kier alpha value is 0.720. The third-order valence-electron chi connectivity index (χ3n) is 6.47. The number of unbranched alkanes of at least 4 members (excludes halogenated alkanes) is 9. The topological polar surface area (TPSA) is 30.7 Å². The largest absolute Gasteiger partial charge is 0.184 e. The molecule has 0 fully saturated rings. The summed E-state index contributed by atoms with van der Waals surface area (Å²) in [6.45, 7) is 3.16. The summed E-state index contributed by atoms with van der Waals surface area (Å²) in [6.07, 6.45) is 22.2. The fourth-order valence-electron chi connectivity index (χ4n) is 4.60. The zero-order chi connectivity index (χ0) is 24.9. The van der Waals surface area contributed by atoms with Gasteiger partial charge in [-0.2, -0.15) is 15.0 Å². The van der Waals surface area contributed by atoms with Crippen molar-refractivity contribution in [3.05, 3.63) is 47.6 Å². The van der Waals surface area contributed by atoms with Crippen molar-refractivity contribution in [1.82, 2.24) is 15.0 Å². The van der Waals surface area contributed by atoms with Gasteiger partial charge in [0.2, 0.25) is 0 Å². The summed E-state index contributed by atoms with van der Waals surface area (Å²) in [6, 6.07) is 4.49. The highest BCUT2D eigenvalue weighted by molar-refractivity contribution is 9.28. The van der Waals surface area contributed by atoms with Crippen LogP contribution in [-0.2, 0) is 6.54 Å². The molecule has 0 spiro atoms. The molecular weight excluding hydrogens is 738 g/mol. The van der Waals surface area contributed by atoms with Crippen LogP contribution < -0.4 is 0 Å². The second-order valence-corrected chi connectivity index (χ2v) is 21.3. The average molecular weight is 771 g/mol. The SMILES string of the molecule is CCCCCCCCCCCCn1nc2c(C3C=CC(Br)(Br)S3)ccc(C3C=CC(Br)(Br)S3)c2n1. The predicted molar refractivity (Wildman–Crippen MR) is 169 cm³/mol. The van der Waals surface area contributed by atoms with E-state index in [0.717, 1.165) is 24.0 Å². The number of hydrogen-bond acceptors (Lipinski definition) is 4. The first kappa shape index (κ1) is 28.7. The molecule has 0 bridgehead atoms. The molecule has 3 nitrogen and oxygen atoms in total. The van der Waals surface area contributed by atoms with Crippen LogP contribution in [0.1, 0.15) is 92.8 Å². The van der Waals surface area contributed by atoms with Crippen LogP contribution in [0.4, 0.5) is 0 Å². The minimum Gasteiger partial charge on any atom is -0.184 e. The minimum atomic E-state index is -0.211. The van der Waals surface area contributed by atoms with E-state index in [1.807, 2.05) is 28.3 Å². The summed E-state index contributed by atoms with van der Waals surface area (Å²) in [5, 5.41) is 10.5. The van der Waals surface area contributed by atoms with Crippen LogP contribution in [0.15, 0.2) is 36.4 Å². The molecule has 2 aliphatic heterocycles. The van der Waals surface area contributed by atoms with Gasteiger partial charge in [-0.25, -0.2) is 0 Å². The molecule has 0 radical (unpaired) electrons. The summed E-state index contributed by atoms with van der Waals surface area (Å²) in [4.78, 5) is 1.94. The van der Waals surface area contributed by atoms with Crippen LogP contribution in [-0.4, -0.2) is 20.1 Å². The van der Waals surface area contributed by atoms with E-state index in [2.05, 4.69) is 107 Å². The first-order valence-electron chi connectivity index (χ1n) is 12.7. The molecule has 2 aromatic rings. The van der Waals surface area contributed by atoms with E-state index >= 15 is 0 Å². The maximum absolute atomic E-state index is 5.02. The Morgan fingerprint density at radius 3 is 1.54 bits per heavy atom. The van der Waals surface area contributed by atoms with E-state index in [1.54, 1.807) is 0 Å². The molecule has 192 valence electrons. The summed E-state index contributed by atoms with van der Waals surface area (Å²) in [5.74, 6) is 0. The molecule has 3 heterocycles. The lowest BCUT2D eigenvalue weighted by Crippen LogP contribution is -2.02. The maximum Gasteiger partial charge on any atom is 0.144 e. The molecule has 0 saturated heterocycles. The van der Waals surface area contributed by atoms with Crippen molar-refractivity contribution < 1.29 is 0 Å². The van der Waals surface area contributed by atoms with E-state index in [9.17, 15) is 0 Å². The molecule has 0 saturated carbocycles. The van der Waals surface area contributed by atoms with E-state index in [0.29, 0.717) is 0 Å². The van der Waals surface area contributed by atoms with Crippen LogP contribution in [0.3, 0.4) is 0 Å². The molecular formula is C26H33Br4N3S2. The zero-order valence-corrected chi connectivity index (χ0v) is 28.0. The Morgan fingerprint density at radius 2 is 1.14 bits per heavy atom. The van der Waals surface area contributed by atoms with Gasteiger partial charge >= 0.3 is 0 Å². The number of nitrogens with zero attached hydrogens (tertiary/aromatic N) is 3. The van der Waals surface area contributed by atoms with Gasteiger partial charge < -0.3 is 0 Å². The molecule has 4 rings (SSSR count). The van der Waals surface area contributed by atoms with Gasteiger partial charge in [-0.3, -0.25) is 0 Å². The molecule has 1 aromatic heterocycles. The van der Waals surface area contributed by atoms with Gasteiger partial charge in [-0.1, -0.05) is 153 Å². The molecule has 2 unspecified atom stereocenters. The van der Waals surface area contributed by atoms with Gasteiger partial charge in [-0.15, -0.1) is 23.5 Å². The summed E-state index contributed by atoms with van der Waals surface area (Å²) in [7, 11) is 0. The number of thioether (sulfide) groups is 2. The highest BCUT2D eigenvalue weighted by atomic mass is 79.9. The van der Waals surface area contributed by atoms with Crippen molar-refractivity contribution in [3.63, 3.8) is 0 Å². The molecule has 0 N–H and O–H groups in total. The first-order valence-corrected chi connectivity index (χ1v) is 17.6. The van der Waals surface area contributed by atoms with Crippen LogP contribution in [0.2, 0.25) is 0 Å². The third-order valence-corrected chi connectivity index (χ3v) is 12.0. The highest BCUT2D eigenvalue weighted by Gasteiger charge is 2.35. The Balaban J connectivity index is 1.41. The Bertz CT molecular complexity index is 982. The van der Waals surface area contributed by atoms with Crippen molar-refractivity contribution in [2.75, 3.05) is 0 Å². The smallest absolute Gasteiger partial charge is 0.144 e. The summed E-state index contributed by atoms with van der Waals surface area (Å²) < 4.78 is -0.422. The fourth-order valence-corrected chi connectivity index (χ4v) is 9.57. The van der Waals surface area contributed by atoms with Crippen LogP contribution >= 0.6 is 87.2 Å². The number of alkyl halides is 4. The number of fused-ring (bicyclic) bond motifs is 1. The molecule has 0 amide bonds. The fraction of sp³-hybridized carbons (Fsp3) is 0.615. The second-order valence-electron chi connectivity index (χ2n) is 9.34. The predicted octanol–water partition coefficient (Wildman–Crippen LogP) is 10.9. The zero-order valence-electron chi connectivity index (χ0n) is 20.1. The molecule has 2 aliphatic rings. The van der Waals surface area contributed by atoms with Gasteiger partial charge in [0.25, 0.3) is 0 Å². The molecule has 2 atom stereocenters. The number of aryl methyl sites for hydroxylation is 1. The lowest BCUT2D eigenvalue weighted by Gasteiger charge is -2.17. The first-order chi connectivity index (χ1) is 16.8. The quantitative estimate of drug-likeness (QED) is 0.115. The average Bonchev–Trinajstić information content (AvgIpc) is 3.50. The Morgan fingerprint density at radius 1 is 0.714 bits per heavy atom. The van der Waals surface area contributed by atoms with Gasteiger partial charge in [0, 0.05) is 0 Å². The number of benzene rings is 1. The second kappa shape index (κ2) is 13.2. The van der Waals surface area contributed by atoms with E-state index in [1.165, 1.54) is 68.9 Å². The van der Waals surface area contributed by atoms with Gasteiger partial charge in [0.05, 0.1) is 17.0 Å². The number of hydrogen-bond donors (Lipinski definition) is 0. The minimum absolute atomic E-state index is 0.211. The van der Waals surface area contributed by atoms with Gasteiger partial charge in [0.15, 0.2) is 0 Å². The maximum atomic E-state index is 5.02. The third kappa shape index (κ3) is 8.11. The standard InChI is InChI=1S/C26H33Br4N3S2/c1-2-3-4-5-6-7-8-9-10-11-18-33-31-23-19(21-14-16-25(27,28)34-21)12-13-20(24(23)32-33)22-15-17-26(29,30)35-22/h12-17,21-22H,2-11,18H2,1H3. The highest BCUT2D eigenvalue weighted by Crippen LogP contribution is 2.57. The Labute approximate surface area is 252 Å². The van der Waals surface area contributed by atoms with Crippen LogP contribution in [0, 0.1) is 0 Å². The molecule has 1 aromatic carbocycles.